The van der Waals surface area contributed by atoms with Crippen LogP contribution in [0, 0.1) is 0 Å². The van der Waals surface area contributed by atoms with Crippen molar-refractivity contribution in [2.45, 2.75) is 26.4 Å². The van der Waals surface area contributed by atoms with Crippen molar-refractivity contribution in [2.24, 2.45) is 0 Å². The monoisotopic (exact) mass is 327 g/mol. The van der Waals surface area contributed by atoms with Gasteiger partial charge >= 0.3 is 0 Å². The number of quaternary nitrogens is 1. The lowest BCUT2D eigenvalue weighted by atomic mass is 10.1. The summed E-state index contributed by atoms with van der Waals surface area (Å²) in [7, 11) is 2.03. The first-order valence-electron chi connectivity index (χ1n) is 8.45. The van der Waals surface area contributed by atoms with Crippen molar-refractivity contribution in [3.8, 4) is 5.75 Å². The summed E-state index contributed by atoms with van der Waals surface area (Å²) in [5.74, 6) is 0.947. The molecule has 2 aromatic rings. The van der Waals surface area contributed by atoms with Crippen molar-refractivity contribution >= 4 is 5.91 Å². The molecular formula is C20H27N2O2+. The van der Waals surface area contributed by atoms with Crippen molar-refractivity contribution in [1.82, 2.24) is 5.32 Å². The molecule has 0 fully saturated rings. The van der Waals surface area contributed by atoms with Crippen LogP contribution in [-0.2, 0) is 11.3 Å². The maximum Gasteiger partial charge on any atom is 0.275 e. The Balaban J connectivity index is 1.80. The highest BCUT2D eigenvalue weighted by Crippen LogP contribution is 2.11. The summed E-state index contributed by atoms with van der Waals surface area (Å²) in [4.78, 5) is 13.4. The zero-order valence-corrected chi connectivity index (χ0v) is 14.7. The van der Waals surface area contributed by atoms with E-state index in [-0.39, 0.29) is 11.9 Å². The second-order valence-corrected chi connectivity index (χ2v) is 6.09. The Morgan fingerprint density at radius 3 is 2.42 bits per heavy atom. The van der Waals surface area contributed by atoms with E-state index in [0.717, 1.165) is 22.8 Å². The van der Waals surface area contributed by atoms with Gasteiger partial charge in [0.15, 0.2) is 6.54 Å². The zero-order valence-electron chi connectivity index (χ0n) is 14.7. The van der Waals surface area contributed by atoms with Gasteiger partial charge in [-0.3, -0.25) is 4.79 Å². The summed E-state index contributed by atoms with van der Waals surface area (Å²) < 4.78 is 5.45. The number of hydrogen-bond donors (Lipinski definition) is 2. The van der Waals surface area contributed by atoms with E-state index in [0.29, 0.717) is 13.2 Å². The number of nitrogens with one attached hydrogen (secondary N) is 2. The molecule has 0 saturated heterocycles. The van der Waals surface area contributed by atoms with Gasteiger partial charge in [0.25, 0.3) is 5.91 Å². The van der Waals surface area contributed by atoms with Gasteiger partial charge in [0.2, 0.25) is 0 Å². The molecule has 0 aromatic heterocycles. The minimum Gasteiger partial charge on any atom is -0.494 e. The number of likely N-dealkylation sites (N-methyl/N-ethyl adjacent to an activating group) is 1. The second-order valence-electron chi connectivity index (χ2n) is 6.09. The van der Waals surface area contributed by atoms with E-state index in [1.807, 2.05) is 63.4 Å². The summed E-state index contributed by atoms with van der Waals surface area (Å²) in [6.07, 6.45) is 0. The van der Waals surface area contributed by atoms with E-state index >= 15 is 0 Å². The molecule has 2 atom stereocenters. The second kappa shape index (κ2) is 9.08. The summed E-state index contributed by atoms with van der Waals surface area (Å²) in [6.45, 7) is 5.91. The molecule has 1 unspecified atom stereocenters. The average Bonchev–Trinajstić information content (AvgIpc) is 2.57. The van der Waals surface area contributed by atoms with Crippen LogP contribution in [0.4, 0.5) is 0 Å². The van der Waals surface area contributed by atoms with Gasteiger partial charge in [-0.2, -0.15) is 0 Å². The fourth-order valence-corrected chi connectivity index (χ4v) is 2.67. The smallest absolute Gasteiger partial charge is 0.275 e. The number of hydrogen-bond acceptors (Lipinski definition) is 2. The fourth-order valence-electron chi connectivity index (χ4n) is 2.67. The van der Waals surface area contributed by atoms with E-state index in [9.17, 15) is 4.79 Å². The summed E-state index contributed by atoms with van der Waals surface area (Å²) >= 11 is 0. The molecule has 4 nitrogen and oxygen atoms in total. The number of carbonyl (C=O) groups excluding carboxylic acids is 1. The van der Waals surface area contributed by atoms with Crippen LogP contribution in [0.1, 0.15) is 31.0 Å². The molecule has 0 bridgehead atoms. The molecule has 2 aromatic carbocycles. The highest BCUT2D eigenvalue weighted by atomic mass is 16.5. The number of carbonyl (C=O) groups is 1. The maximum atomic E-state index is 12.2. The Bertz CT molecular complexity index is 626. The molecular weight excluding hydrogens is 300 g/mol. The zero-order chi connectivity index (χ0) is 17.4. The molecule has 128 valence electrons. The molecule has 0 aliphatic heterocycles. The normalized spacial score (nSPS) is 13.1. The number of ether oxygens (including phenoxy) is 1. The van der Waals surface area contributed by atoms with Gasteiger partial charge in [0, 0.05) is 5.56 Å². The Hall–Kier alpha value is -2.33. The van der Waals surface area contributed by atoms with E-state index in [2.05, 4.69) is 17.4 Å². The number of benzene rings is 2. The third-order valence-electron chi connectivity index (χ3n) is 3.88. The van der Waals surface area contributed by atoms with Gasteiger partial charge in [-0.15, -0.1) is 0 Å². The molecule has 0 spiro atoms. The Morgan fingerprint density at radius 1 is 1.12 bits per heavy atom. The lowest BCUT2D eigenvalue weighted by Gasteiger charge is -2.17. The van der Waals surface area contributed by atoms with Gasteiger partial charge in [0.05, 0.1) is 19.7 Å². The predicted octanol–water partition coefficient (Wildman–Crippen LogP) is 1.98. The van der Waals surface area contributed by atoms with Crippen molar-refractivity contribution in [2.75, 3.05) is 20.2 Å². The lowest BCUT2D eigenvalue weighted by molar-refractivity contribution is -0.885. The third-order valence-corrected chi connectivity index (χ3v) is 3.88. The van der Waals surface area contributed by atoms with Crippen LogP contribution < -0.4 is 15.0 Å². The van der Waals surface area contributed by atoms with Crippen molar-refractivity contribution in [1.29, 1.82) is 0 Å². The molecule has 0 aliphatic rings. The van der Waals surface area contributed by atoms with Crippen LogP contribution >= 0.6 is 0 Å². The largest absolute Gasteiger partial charge is 0.494 e. The highest BCUT2D eigenvalue weighted by molar-refractivity contribution is 5.77. The summed E-state index contributed by atoms with van der Waals surface area (Å²) in [5, 5.41) is 3.06. The predicted molar refractivity (Wildman–Crippen MR) is 96.1 cm³/mol. The molecule has 1 amide bonds. The molecule has 2 rings (SSSR count). The Labute approximate surface area is 144 Å². The van der Waals surface area contributed by atoms with Crippen molar-refractivity contribution in [3.63, 3.8) is 0 Å². The Morgan fingerprint density at radius 2 is 1.79 bits per heavy atom. The fraction of sp³-hybridized carbons (Fsp3) is 0.350. The van der Waals surface area contributed by atoms with E-state index in [1.165, 1.54) is 5.56 Å². The van der Waals surface area contributed by atoms with E-state index in [1.54, 1.807) is 0 Å². The standard InChI is InChI=1S/C20H26N2O2/c1-4-24-19-12-10-17(11-13-19)14-22(3)15-20(23)21-16(2)18-8-6-5-7-9-18/h5-13,16H,4,14-15H2,1-3H3,(H,21,23)/p+1/t16-/m1/s1. The van der Waals surface area contributed by atoms with Gasteiger partial charge in [-0.05, 0) is 43.7 Å². The quantitative estimate of drug-likeness (QED) is 0.778. The van der Waals surface area contributed by atoms with Crippen LogP contribution in [-0.4, -0.2) is 26.1 Å². The van der Waals surface area contributed by atoms with Gasteiger partial charge in [0.1, 0.15) is 12.3 Å². The molecule has 2 N–H and O–H groups in total. The molecule has 0 radical (unpaired) electrons. The molecule has 4 heteroatoms. The van der Waals surface area contributed by atoms with Gasteiger partial charge < -0.3 is 15.0 Å². The summed E-state index contributed by atoms with van der Waals surface area (Å²) in [6, 6.07) is 18.1. The lowest BCUT2D eigenvalue weighted by Crippen LogP contribution is -3.08. The minimum absolute atomic E-state index is 0.0250. The van der Waals surface area contributed by atoms with Crippen LogP contribution in [0.2, 0.25) is 0 Å². The first kappa shape index (κ1) is 18.0. The number of rotatable bonds is 8. The third kappa shape index (κ3) is 5.70. The van der Waals surface area contributed by atoms with Gasteiger partial charge in [-0.1, -0.05) is 30.3 Å². The topological polar surface area (TPSA) is 42.8 Å². The van der Waals surface area contributed by atoms with Crippen molar-refractivity contribution < 1.29 is 14.4 Å². The van der Waals surface area contributed by atoms with Crippen LogP contribution in [0.3, 0.4) is 0 Å². The van der Waals surface area contributed by atoms with E-state index in [4.69, 9.17) is 4.74 Å². The van der Waals surface area contributed by atoms with Crippen LogP contribution in [0.25, 0.3) is 0 Å². The SMILES string of the molecule is CCOc1ccc(C[NH+](C)CC(=O)N[C@H](C)c2ccccc2)cc1. The Kier molecular flexibility index (Phi) is 6.82. The molecule has 24 heavy (non-hydrogen) atoms. The van der Waals surface area contributed by atoms with Crippen LogP contribution in [0.15, 0.2) is 54.6 Å². The van der Waals surface area contributed by atoms with Gasteiger partial charge in [-0.25, -0.2) is 0 Å². The first-order chi connectivity index (χ1) is 11.6. The highest BCUT2D eigenvalue weighted by Gasteiger charge is 2.14. The average molecular weight is 327 g/mol. The maximum absolute atomic E-state index is 12.2. The van der Waals surface area contributed by atoms with E-state index < -0.39 is 0 Å². The first-order valence-corrected chi connectivity index (χ1v) is 8.45. The molecule has 0 heterocycles. The van der Waals surface area contributed by atoms with Crippen LogP contribution in [0.5, 0.6) is 5.75 Å². The van der Waals surface area contributed by atoms with Crippen molar-refractivity contribution in [3.05, 3.63) is 65.7 Å². The minimum atomic E-state index is 0.0250. The molecule has 0 aliphatic carbocycles. The summed E-state index contributed by atoms with van der Waals surface area (Å²) in [5.41, 5.74) is 2.31. The molecule has 0 saturated carbocycles. The number of amides is 1.